The van der Waals surface area contributed by atoms with E-state index in [9.17, 15) is 13.2 Å². The van der Waals surface area contributed by atoms with E-state index in [1.807, 2.05) is 62.0 Å². The zero-order valence-electron chi connectivity index (χ0n) is 20.3. The van der Waals surface area contributed by atoms with Crippen LogP contribution in [0.1, 0.15) is 23.6 Å². The lowest BCUT2D eigenvalue weighted by molar-refractivity contribution is -0.119. The minimum absolute atomic E-state index is 0.123. The monoisotopic (exact) mass is 523 g/mol. The largest absolute Gasteiger partial charge is 0.489 e. The number of nitrogens with one attached hydrogen (secondary N) is 1. The third-order valence-electron chi connectivity index (χ3n) is 5.73. The van der Waals surface area contributed by atoms with E-state index < -0.39 is 22.5 Å². The molecule has 1 N–H and O–H groups in total. The van der Waals surface area contributed by atoms with Crippen molar-refractivity contribution in [2.75, 3.05) is 22.4 Å². The molecule has 7 nitrogen and oxygen atoms in total. The van der Waals surface area contributed by atoms with Crippen molar-refractivity contribution in [1.82, 2.24) is 5.43 Å². The molecular weight excluding hydrogens is 494 g/mol. The van der Waals surface area contributed by atoms with Crippen molar-refractivity contribution in [3.05, 3.63) is 89.5 Å². The first kappa shape index (κ1) is 25.8. The highest BCUT2D eigenvalue weighted by Gasteiger charge is 2.28. The predicted molar refractivity (Wildman–Crippen MR) is 145 cm³/mol. The third kappa shape index (κ3) is 6.27. The number of nitrogens with zero attached hydrogens (tertiary/aromatic N) is 2. The van der Waals surface area contributed by atoms with E-state index in [0.717, 1.165) is 38.3 Å². The molecule has 0 spiro atoms. The number of hydrogen-bond donors (Lipinski definition) is 1. The van der Waals surface area contributed by atoms with Gasteiger partial charge < -0.3 is 4.74 Å². The summed E-state index contributed by atoms with van der Waals surface area (Å²) in [6.07, 6.45) is 2.40. The van der Waals surface area contributed by atoms with Crippen molar-refractivity contribution in [2.24, 2.45) is 5.10 Å². The Balaban J connectivity index is 1.48. The van der Waals surface area contributed by atoms with Gasteiger partial charge in [0.25, 0.3) is 15.9 Å². The van der Waals surface area contributed by atoms with Gasteiger partial charge in [0.1, 0.15) is 18.4 Å². The van der Waals surface area contributed by atoms with Crippen molar-refractivity contribution in [3.63, 3.8) is 0 Å². The summed E-state index contributed by atoms with van der Waals surface area (Å²) in [7, 11) is -3.98. The number of hydrogen-bond acceptors (Lipinski definition) is 6. The minimum Gasteiger partial charge on any atom is -0.489 e. The minimum atomic E-state index is -3.98. The van der Waals surface area contributed by atoms with Gasteiger partial charge in [0.15, 0.2) is 0 Å². The van der Waals surface area contributed by atoms with Crippen molar-refractivity contribution in [3.8, 4) is 5.75 Å². The van der Waals surface area contributed by atoms with Crippen LogP contribution in [-0.4, -0.2) is 44.7 Å². The van der Waals surface area contributed by atoms with Crippen LogP contribution in [0.2, 0.25) is 0 Å². The topological polar surface area (TPSA) is 88.1 Å². The molecule has 0 aromatic heterocycles. The fourth-order valence-electron chi connectivity index (χ4n) is 3.64. The summed E-state index contributed by atoms with van der Waals surface area (Å²) in [5.74, 6) is 2.27. The molecule has 0 aliphatic carbocycles. The lowest BCUT2D eigenvalue weighted by Crippen LogP contribution is -2.40. The van der Waals surface area contributed by atoms with E-state index in [4.69, 9.17) is 4.74 Å². The quantitative estimate of drug-likeness (QED) is 0.314. The van der Waals surface area contributed by atoms with Crippen molar-refractivity contribution < 1.29 is 17.9 Å². The number of rotatable bonds is 10. The van der Waals surface area contributed by atoms with Gasteiger partial charge in [0, 0.05) is 11.5 Å². The maximum absolute atomic E-state index is 13.6. The number of amides is 1. The first-order valence-corrected chi connectivity index (χ1v) is 14.3. The molecule has 36 heavy (non-hydrogen) atoms. The number of aryl methyl sites for hydroxylation is 2. The highest BCUT2D eigenvalue weighted by molar-refractivity contribution is 8.00. The van der Waals surface area contributed by atoms with Gasteiger partial charge in [0.05, 0.1) is 16.8 Å². The summed E-state index contributed by atoms with van der Waals surface area (Å²) in [4.78, 5) is 12.9. The van der Waals surface area contributed by atoms with Gasteiger partial charge in [-0.2, -0.15) is 16.9 Å². The van der Waals surface area contributed by atoms with Crippen LogP contribution in [0.3, 0.4) is 0 Å². The Morgan fingerprint density at radius 3 is 2.42 bits per heavy atom. The predicted octanol–water partition coefficient (Wildman–Crippen LogP) is 4.40. The maximum Gasteiger partial charge on any atom is 0.264 e. The Morgan fingerprint density at radius 2 is 1.78 bits per heavy atom. The van der Waals surface area contributed by atoms with Crippen LogP contribution in [0.15, 0.2) is 82.8 Å². The average molecular weight is 524 g/mol. The molecule has 0 atom stereocenters. The summed E-state index contributed by atoms with van der Waals surface area (Å²) in [5.41, 5.74) is 5.49. The van der Waals surface area contributed by atoms with Crippen molar-refractivity contribution in [1.29, 1.82) is 0 Å². The second-order valence-electron chi connectivity index (χ2n) is 8.45. The second-order valence-corrected chi connectivity index (χ2v) is 11.4. The molecule has 1 saturated heterocycles. The van der Waals surface area contributed by atoms with Crippen LogP contribution in [0, 0.1) is 6.92 Å². The van der Waals surface area contributed by atoms with Crippen LogP contribution in [0.25, 0.3) is 0 Å². The fraction of sp³-hybridized carbons (Fsp3) is 0.259. The molecule has 4 rings (SSSR count). The molecular formula is C27H29N3O4S2. The van der Waals surface area contributed by atoms with Gasteiger partial charge in [-0.3, -0.25) is 9.10 Å². The first-order chi connectivity index (χ1) is 17.4. The summed E-state index contributed by atoms with van der Waals surface area (Å²) >= 11 is 1.86. The van der Waals surface area contributed by atoms with Crippen molar-refractivity contribution in [2.45, 2.75) is 31.3 Å². The number of benzene rings is 3. The van der Waals surface area contributed by atoms with Gasteiger partial charge in [-0.1, -0.05) is 42.8 Å². The first-order valence-electron chi connectivity index (χ1n) is 11.7. The van der Waals surface area contributed by atoms with Crippen LogP contribution in [0.4, 0.5) is 5.69 Å². The second kappa shape index (κ2) is 11.6. The highest BCUT2D eigenvalue weighted by atomic mass is 32.2. The van der Waals surface area contributed by atoms with E-state index in [1.54, 1.807) is 36.4 Å². The molecule has 0 saturated carbocycles. The van der Waals surface area contributed by atoms with Crippen LogP contribution in [-0.2, 0) is 21.2 Å². The molecule has 188 valence electrons. The lowest BCUT2D eigenvalue weighted by atomic mass is 10.1. The Hall–Kier alpha value is -3.30. The van der Waals surface area contributed by atoms with E-state index >= 15 is 0 Å². The zero-order valence-corrected chi connectivity index (χ0v) is 21.9. The number of ether oxygens (including phenoxy) is 1. The molecule has 1 aliphatic heterocycles. The number of hydrazone groups is 1. The Morgan fingerprint density at radius 1 is 1.08 bits per heavy atom. The Bertz CT molecular complexity index is 1320. The number of carbonyl (C=O) groups is 1. The van der Waals surface area contributed by atoms with E-state index in [1.165, 1.54) is 6.21 Å². The Labute approximate surface area is 216 Å². The molecule has 1 heterocycles. The molecule has 9 heteroatoms. The normalized spacial score (nSPS) is 13.8. The lowest BCUT2D eigenvalue weighted by Gasteiger charge is -2.26. The van der Waals surface area contributed by atoms with Crippen LogP contribution in [0.5, 0.6) is 5.75 Å². The fourth-order valence-corrected chi connectivity index (χ4v) is 5.66. The zero-order chi connectivity index (χ0) is 25.5. The van der Waals surface area contributed by atoms with Gasteiger partial charge in [-0.15, -0.1) is 0 Å². The smallest absolute Gasteiger partial charge is 0.264 e. The SMILES string of the molecule is CCc1ccccc1N(CC(=O)N/N=C\c1ccc(OC2CSC2)cc1)S(=O)(=O)c1ccc(C)cc1. The number of carbonyl (C=O) groups excluding carboxylic acids is 1. The van der Waals surface area contributed by atoms with Gasteiger partial charge in [0.2, 0.25) is 0 Å². The summed E-state index contributed by atoms with van der Waals surface area (Å²) in [5, 5.41) is 4.03. The van der Waals surface area contributed by atoms with Crippen LogP contribution >= 0.6 is 11.8 Å². The summed E-state index contributed by atoms with van der Waals surface area (Å²) in [6.45, 7) is 3.43. The molecule has 0 unspecified atom stereocenters. The van der Waals surface area contributed by atoms with E-state index in [0.29, 0.717) is 12.1 Å². The molecule has 1 aliphatic rings. The maximum atomic E-state index is 13.6. The van der Waals surface area contributed by atoms with E-state index in [2.05, 4.69) is 10.5 Å². The number of para-hydroxylation sites is 1. The van der Waals surface area contributed by atoms with Gasteiger partial charge in [-0.25, -0.2) is 13.8 Å². The average Bonchev–Trinajstić information content (AvgIpc) is 2.86. The van der Waals surface area contributed by atoms with Gasteiger partial charge in [-0.05, 0) is 66.9 Å². The summed E-state index contributed by atoms with van der Waals surface area (Å²) in [6, 6.07) is 21.2. The van der Waals surface area contributed by atoms with Gasteiger partial charge >= 0.3 is 0 Å². The molecule has 3 aromatic rings. The molecule has 1 fully saturated rings. The molecule has 0 radical (unpaired) electrons. The molecule has 0 bridgehead atoms. The number of anilines is 1. The van der Waals surface area contributed by atoms with E-state index in [-0.39, 0.29) is 11.0 Å². The summed E-state index contributed by atoms with van der Waals surface area (Å²) < 4.78 is 34.1. The Kier molecular flexibility index (Phi) is 8.32. The highest BCUT2D eigenvalue weighted by Crippen LogP contribution is 2.28. The standard InChI is InChI=1S/C27H29N3O4S2/c1-3-22-6-4-5-7-26(22)30(36(32,33)25-14-8-20(2)9-15-25)17-27(31)29-28-16-21-10-12-23(13-11-21)34-24-18-35-19-24/h4-16,24H,3,17-19H2,1-2H3,(H,29,31)/b28-16-. The van der Waals surface area contributed by atoms with Crippen LogP contribution < -0.4 is 14.5 Å². The number of sulfonamides is 1. The molecule has 1 amide bonds. The third-order valence-corrected chi connectivity index (χ3v) is 8.72. The van der Waals surface area contributed by atoms with Crippen molar-refractivity contribution >= 4 is 39.6 Å². The molecule has 3 aromatic carbocycles. The number of thioether (sulfide) groups is 1.